The maximum atomic E-state index is 12.4. The van der Waals surface area contributed by atoms with Gasteiger partial charge in [-0.05, 0) is 35.9 Å². The highest BCUT2D eigenvalue weighted by Crippen LogP contribution is 2.18. The number of ether oxygens (including phenoxy) is 2. The van der Waals surface area contributed by atoms with Crippen LogP contribution in [-0.2, 0) is 16.0 Å². The molecule has 3 aromatic carbocycles. The first-order valence-electron chi connectivity index (χ1n) is 10.8. The van der Waals surface area contributed by atoms with Gasteiger partial charge in [0.05, 0.1) is 19.8 Å². The molecule has 3 aromatic rings. The summed E-state index contributed by atoms with van der Waals surface area (Å²) in [4.78, 5) is 24.5. The minimum atomic E-state index is -0.202. The van der Waals surface area contributed by atoms with Crippen molar-refractivity contribution in [3.05, 3.63) is 90.0 Å². The third-order valence-electron chi connectivity index (χ3n) is 4.79. The number of benzene rings is 3. The number of amides is 2. The van der Waals surface area contributed by atoms with Crippen LogP contribution in [0.4, 0.5) is 11.4 Å². The molecule has 0 aliphatic rings. The standard InChI is InChI=1S/C26H29N3O4/c1-32-16-14-27-26(31)21-9-5-10-22(17-21)28-19-25(30)29-23-11-6-12-24(18-23)33-15-13-20-7-3-2-4-8-20/h2-12,17-18,28H,13-16,19H2,1H3,(H,27,31)(H,29,30). The lowest BCUT2D eigenvalue weighted by molar-refractivity contribution is -0.114. The van der Waals surface area contributed by atoms with Crippen molar-refractivity contribution in [2.45, 2.75) is 6.42 Å². The Morgan fingerprint density at radius 3 is 2.45 bits per heavy atom. The molecule has 0 radical (unpaired) electrons. The zero-order valence-electron chi connectivity index (χ0n) is 18.7. The van der Waals surface area contributed by atoms with E-state index in [1.807, 2.05) is 36.4 Å². The molecule has 33 heavy (non-hydrogen) atoms. The van der Waals surface area contributed by atoms with Gasteiger partial charge >= 0.3 is 0 Å². The van der Waals surface area contributed by atoms with Crippen LogP contribution < -0.4 is 20.7 Å². The molecule has 3 N–H and O–H groups in total. The van der Waals surface area contributed by atoms with Crippen LogP contribution in [0.25, 0.3) is 0 Å². The number of carbonyl (C=O) groups is 2. The summed E-state index contributed by atoms with van der Waals surface area (Å²) in [5.74, 6) is 0.305. The van der Waals surface area contributed by atoms with Gasteiger partial charge in [0, 0.05) is 43.1 Å². The third-order valence-corrected chi connectivity index (χ3v) is 4.79. The molecule has 0 heterocycles. The Morgan fingerprint density at radius 2 is 1.64 bits per heavy atom. The second-order valence-corrected chi connectivity index (χ2v) is 7.34. The molecule has 0 aromatic heterocycles. The van der Waals surface area contributed by atoms with E-state index in [-0.39, 0.29) is 18.4 Å². The molecule has 0 unspecified atom stereocenters. The minimum Gasteiger partial charge on any atom is -0.493 e. The molecule has 0 saturated carbocycles. The molecule has 0 spiro atoms. The second kappa shape index (κ2) is 12.9. The molecule has 7 heteroatoms. The number of anilines is 2. The fourth-order valence-electron chi connectivity index (χ4n) is 3.12. The topological polar surface area (TPSA) is 88.7 Å². The van der Waals surface area contributed by atoms with Gasteiger partial charge < -0.3 is 25.4 Å². The molecule has 2 amide bonds. The largest absolute Gasteiger partial charge is 0.493 e. The van der Waals surface area contributed by atoms with Crippen molar-refractivity contribution in [2.75, 3.05) is 44.0 Å². The highest BCUT2D eigenvalue weighted by Gasteiger charge is 2.07. The summed E-state index contributed by atoms with van der Waals surface area (Å²) in [6.07, 6.45) is 0.810. The van der Waals surface area contributed by atoms with Gasteiger partial charge in [-0.1, -0.05) is 42.5 Å². The maximum absolute atomic E-state index is 12.4. The van der Waals surface area contributed by atoms with Crippen LogP contribution in [0.15, 0.2) is 78.9 Å². The first-order chi connectivity index (χ1) is 16.1. The third kappa shape index (κ3) is 8.31. The van der Waals surface area contributed by atoms with Gasteiger partial charge in [-0.15, -0.1) is 0 Å². The Morgan fingerprint density at radius 1 is 0.848 bits per heavy atom. The quantitative estimate of drug-likeness (QED) is 0.368. The average molecular weight is 448 g/mol. The maximum Gasteiger partial charge on any atom is 0.251 e. The Labute approximate surface area is 194 Å². The summed E-state index contributed by atoms with van der Waals surface area (Å²) >= 11 is 0. The van der Waals surface area contributed by atoms with E-state index in [4.69, 9.17) is 9.47 Å². The van der Waals surface area contributed by atoms with Crippen LogP contribution in [0, 0.1) is 0 Å². The fraction of sp³-hybridized carbons (Fsp3) is 0.231. The van der Waals surface area contributed by atoms with Gasteiger partial charge in [0.25, 0.3) is 5.91 Å². The van der Waals surface area contributed by atoms with Crippen molar-refractivity contribution in [1.29, 1.82) is 0 Å². The zero-order valence-corrected chi connectivity index (χ0v) is 18.7. The number of methoxy groups -OCH3 is 1. The minimum absolute atomic E-state index is 0.0633. The second-order valence-electron chi connectivity index (χ2n) is 7.34. The number of carbonyl (C=O) groups excluding carboxylic acids is 2. The molecule has 3 rings (SSSR count). The average Bonchev–Trinajstić information content (AvgIpc) is 2.84. The van der Waals surface area contributed by atoms with Gasteiger partial charge in [0.1, 0.15) is 5.75 Å². The fourth-order valence-corrected chi connectivity index (χ4v) is 3.12. The van der Waals surface area contributed by atoms with Gasteiger partial charge in [-0.25, -0.2) is 0 Å². The Kier molecular flexibility index (Phi) is 9.29. The van der Waals surface area contributed by atoms with E-state index in [0.717, 1.165) is 6.42 Å². The van der Waals surface area contributed by atoms with E-state index >= 15 is 0 Å². The predicted molar refractivity (Wildman–Crippen MR) is 130 cm³/mol. The van der Waals surface area contributed by atoms with Gasteiger partial charge in [0.2, 0.25) is 5.91 Å². The number of nitrogens with one attached hydrogen (secondary N) is 3. The Hall–Kier alpha value is -3.84. The molecule has 0 aliphatic heterocycles. The lowest BCUT2D eigenvalue weighted by atomic mass is 10.2. The molecule has 0 saturated heterocycles. The summed E-state index contributed by atoms with van der Waals surface area (Å²) in [5.41, 5.74) is 3.06. The van der Waals surface area contributed by atoms with Crippen LogP contribution in [-0.4, -0.2) is 45.2 Å². The van der Waals surface area contributed by atoms with Crippen LogP contribution in [0.5, 0.6) is 5.75 Å². The van der Waals surface area contributed by atoms with Gasteiger partial charge in [-0.2, -0.15) is 0 Å². The number of hydrogen-bond donors (Lipinski definition) is 3. The van der Waals surface area contributed by atoms with Crippen molar-refractivity contribution < 1.29 is 19.1 Å². The smallest absolute Gasteiger partial charge is 0.251 e. The molecule has 0 aliphatic carbocycles. The van der Waals surface area contributed by atoms with Gasteiger partial charge in [-0.3, -0.25) is 9.59 Å². The van der Waals surface area contributed by atoms with Crippen molar-refractivity contribution in [3.63, 3.8) is 0 Å². The van der Waals surface area contributed by atoms with Crippen molar-refractivity contribution >= 4 is 23.2 Å². The van der Waals surface area contributed by atoms with E-state index in [1.165, 1.54) is 5.56 Å². The molecular formula is C26H29N3O4. The van der Waals surface area contributed by atoms with Crippen molar-refractivity contribution in [3.8, 4) is 5.75 Å². The normalized spacial score (nSPS) is 10.3. The predicted octanol–water partition coefficient (Wildman–Crippen LogP) is 3.73. The SMILES string of the molecule is COCCNC(=O)c1cccc(NCC(=O)Nc2cccc(OCCc3ccccc3)c2)c1. The molecule has 172 valence electrons. The summed E-state index contributed by atoms with van der Waals surface area (Å²) in [6, 6.07) is 24.4. The lowest BCUT2D eigenvalue weighted by Gasteiger charge is -2.11. The summed E-state index contributed by atoms with van der Waals surface area (Å²) in [6.45, 7) is 1.50. The van der Waals surface area contributed by atoms with E-state index in [0.29, 0.717) is 42.4 Å². The summed E-state index contributed by atoms with van der Waals surface area (Å²) in [5, 5.41) is 8.67. The Balaban J connectivity index is 1.45. The van der Waals surface area contributed by atoms with E-state index in [1.54, 1.807) is 37.4 Å². The van der Waals surface area contributed by atoms with Crippen LogP contribution in [0.1, 0.15) is 15.9 Å². The first kappa shape index (κ1) is 23.8. The van der Waals surface area contributed by atoms with Gasteiger partial charge in [0.15, 0.2) is 0 Å². The highest BCUT2D eigenvalue weighted by atomic mass is 16.5. The lowest BCUT2D eigenvalue weighted by Crippen LogP contribution is -2.27. The van der Waals surface area contributed by atoms with E-state index < -0.39 is 0 Å². The molecule has 0 bridgehead atoms. The number of hydrogen-bond acceptors (Lipinski definition) is 5. The molecule has 7 nitrogen and oxygen atoms in total. The number of rotatable bonds is 12. The van der Waals surface area contributed by atoms with E-state index in [9.17, 15) is 9.59 Å². The highest BCUT2D eigenvalue weighted by molar-refractivity contribution is 5.96. The molecule has 0 atom stereocenters. The first-order valence-corrected chi connectivity index (χ1v) is 10.8. The molecule has 0 fully saturated rings. The summed E-state index contributed by atoms with van der Waals surface area (Å²) < 4.78 is 10.8. The Bertz CT molecular complexity index is 1040. The van der Waals surface area contributed by atoms with E-state index in [2.05, 4.69) is 28.1 Å². The van der Waals surface area contributed by atoms with Crippen LogP contribution >= 0.6 is 0 Å². The zero-order chi connectivity index (χ0) is 23.3. The monoisotopic (exact) mass is 447 g/mol. The van der Waals surface area contributed by atoms with Crippen molar-refractivity contribution in [1.82, 2.24) is 5.32 Å². The molecular weight excluding hydrogens is 418 g/mol. The van der Waals surface area contributed by atoms with Crippen LogP contribution in [0.2, 0.25) is 0 Å². The van der Waals surface area contributed by atoms with Crippen LogP contribution in [0.3, 0.4) is 0 Å². The van der Waals surface area contributed by atoms with Crippen molar-refractivity contribution in [2.24, 2.45) is 0 Å². The summed E-state index contributed by atoms with van der Waals surface area (Å²) in [7, 11) is 1.58.